The Kier molecular flexibility index (Phi) is 10.3. The number of hydrogen-bond donors (Lipinski definition) is 1. The van der Waals surface area contributed by atoms with Gasteiger partial charge in [-0.15, -0.1) is 0 Å². The highest BCUT2D eigenvalue weighted by atomic mass is 35.5. The van der Waals surface area contributed by atoms with Crippen LogP contribution in [0, 0.1) is 5.92 Å². The SMILES string of the molecule is COc1ccccc1.O=C(O)CC/C=C\CC1COC(c2ccccc2Cl)OC1. The molecule has 0 atom stereocenters. The van der Waals surface area contributed by atoms with Gasteiger partial charge >= 0.3 is 5.97 Å². The van der Waals surface area contributed by atoms with Crippen LogP contribution in [-0.4, -0.2) is 31.4 Å². The molecule has 1 aliphatic heterocycles. The highest BCUT2D eigenvalue weighted by molar-refractivity contribution is 6.31. The number of carboxylic acid groups (broad SMARTS) is 1. The molecule has 29 heavy (non-hydrogen) atoms. The largest absolute Gasteiger partial charge is 0.497 e. The van der Waals surface area contributed by atoms with Gasteiger partial charge in [0.15, 0.2) is 6.29 Å². The van der Waals surface area contributed by atoms with Crippen molar-refractivity contribution in [1.29, 1.82) is 0 Å². The molecule has 0 saturated carbocycles. The van der Waals surface area contributed by atoms with Gasteiger partial charge in [0.05, 0.1) is 20.3 Å². The summed E-state index contributed by atoms with van der Waals surface area (Å²) in [7, 11) is 1.66. The number of methoxy groups -OCH3 is 1. The maximum Gasteiger partial charge on any atom is 0.303 e. The number of carbonyl (C=O) groups is 1. The number of aliphatic carboxylic acids is 1. The lowest BCUT2D eigenvalue weighted by atomic mass is 10.1. The van der Waals surface area contributed by atoms with E-state index in [0.29, 0.717) is 30.6 Å². The van der Waals surface area contributed by atoms with E-state index in [1.54, 1.807) is 7.11 Å². The van der Waals surface area contributed by atoms with E-state index in [1.807, 2.05) is 66.7 Å². The molecule has 2 aromatic carbocycles. The first-order chi connectivity index (χ1) is 14.1. The molecule has 1 aliphatic rings. The summed E-state index contributed by atoms with van der Waals surface area (Å²) in [5.74, 6) is 0.434. The molecule has 2 aromatic rings. The summed E-state index contributed by atoms with van der Waals surface area (Å²) in [6.07, 6.45) is 5.06. The zero-order valence-corrected chi connectivity index (χ0v) is 17.3. The number of allylic oxidation sites excluding steroid dienone is 2. The van der Waals surface area contributed by atoms with Crippen LogP contribution in [-0.2, 0) is 14.3 Å². The second kappa shape index (κ2) is 13.0. The number of para-hydroxylation sites is 1. The van der Waals surface area contributed by atoms with Gasteiger partial charge < -0.3 is 19.3 Å². The van der Waals surface area contributed by atoms with Gasteiger partial charge in [0.2, 0.25) is 0 Å². The molecule has 1 heterocycles. The van der Waals surface area contributed by atoms with E-state index in [9.17, 15) is 4.79 Å². The van der Waals surface area contributed by atoms with Crippen molar-refractivity contribution in [3.8, 4) is 5.75 Å². The average Bonchev–Trinajstić information content (AvgIpc) is 2.75. The zero-order chi connectivity index (χ0) is 20.9. The van der Waals surface area contributed by atoms with Crippen LogP contribution in [0.25, 0.3) is 0 Å². The number of halogens is 1. The summed E-state index contributed by atoms with van der Waals surface area (Å²) in [6.45, 7) is 1.22. The molecular weight excluding hydrogens is 392 g/mol. The monoisotopic (exact) mass is 418 g/mol. The molecule has 5 nitrogen and oxygen atoms in total. The molecule has 0 aromatic heterocycles. The number of benzene rings is 2. The third kappa shape index (κ3) is 8.69. The lowest BCUT2D eigenvalue weighted by Gasteiger charge is -2.29. The van der Waals surface area contributed by atoms with Crippen molar-refractivity contribution in [3.63, 3.8) is 0 Å². The maximum absolute atomic E-state index is 10.4. The van der Waals surface area contributed by atoms with Gasteiger partial charge in [-0.05, 0) is 31.0 Å². The molecule has 156 valence electrons. The molecule has 0 aliphatic carbocycles. The summed E-state index contributed by atoms with van der Waals surface area (Å²) in [5.41, 5.74) is 0.856. The molecule has 0 unspecified atom stereocenters. The van der Waals surface area contributed by atoms with Gasteiger partial charge in [-0.2, -0.15) is 0 Å². The molecular formula is C23H27ClO5. The minimum absolute atomic E-state index is 0.169. The Labute approximate surface area is 176 Å². The van der Waals surface area contributed by atoms with Crippen LogP contribution in [0.2, 0.25) is 5.02 Å². The Balaban J connectivity index is 0.000000313. The van der Waals surface area contributed by atoms with E-state index >= 15 is 0 Å². The van der Waals surface area contributed by atoms with E-state index < -0.39 is 12.3 Å². The van der Waals surface area contributed by atoms with Crippen molar-refractivity contribution in [2.24, 2.45) is 5.92 Å². The Hall–Kier alpha value is -2.34. The highest BCUT2D eigenvalue weighted by Gasteiger charge is 2.24. The quantitative estimate of drug-likeness (QED) is 0.601. The van der Waals surface area contributed by atoms with Crippen LogP contribution >= 0.6 is 11.6 Å². The minimum atomic E-state index is -0.772. The Morgan fingerprint density at radius 3 is 2.34 bits per heavy atom. The van der Waals surface area contributed by atoms with E-state index in [2.05, 4.69) is 0 Å². The molecule has 1 fully saturated rings. The fourth-order valence-electron chi connectivity index (χ4n) is 2.69. The fraction of sp³-hybridized carbons (Fsp3) is 0.348. The molecule has 0 amide bonds. The first kappa shape index (κ1) is 22.9. The van der Waals surface area contributed by atoms with Crippen molar-refractivity contribution in [1.82, 2.24) is 0 Å². The predicted octanol–water partition coefficient (Wildman–Crippen LogP) is 5.51. The first-order valence-electron chi connectivity index (χ1n) is 9.53. The normalized spacial score (nSPS) is 18.7. The lowest BCUT2D eigenvalue weighted by molar-refractivity contribution is -0.204. The van der Waals surface area contributed by atoms with Crippen LogP contribution in [0.3, 0.4) is 0 Å². The third-order valence-corrected chi connectivity index (χ3v) is 4.61. The summed E-state index contributed by atoms with van der Waals surface area (Å²) < 4.78 is 16.4. The number of hydrogen-bond acceptors (Lipinski definition) is 4. The minimum Gasteiger partial charge on any atom is -0.497 e. The van der Waals surface area contributed by atoms with Crippen molar-refractivity contribution < 1.29 is 24.1 Å². The molecule has 6 heteroatoms. The Bertz CT molecular complexity index is 755. The predicted molar refractivity (Wildman–Crippen MR) is 113 cm³/mol. The molecule has 0 bridgehead atoms. The summed E-state index contributed by atoms with van der Waals surface area (Å²) in [4.78, 5) is 10.4. The summed E-state index contributed by atoms with van der Waals surface area (Å²) >= 11 is 6.12. The van der Waals surface area contributed by atoms with Gasteiger partial charge in [0, 0.05) is 22.9 Å². The van der Waals surface area contributed by atoms with Crippen LogP contribution in [0.1, 0.15) is 31.1 Å². The number of carboxylic acids is 1. The molecule has 0 spiro atoms. The average molecular weight is 419 g/mol. The standard InChI is InChI=1S/C16H19ClO4.C7H8O/c17-14-8-5-4-7-13(14)16-20-10-12(11-21-16)6-2-1-3-9-15(18)19;1-8-7-5-3-2-4-6-7/h1-2,4-5,7-8,12,16H,3,6,9-11H2,(H,18,19);2-6H,1H3/b2-1-;. The van der Waals surface area contributed by atoms with Gasteiger partial charge in [0.25, 0.3) is 0 Å². The van der Waals surface area contributed by atoms with Crippen molar-refractivity contribution in [2.75, 3.05) is 20.3 Å². The second-order valence-corrected chi connectivity index (χ2v) is 6.95. The van der Waals surface area contributed by atoms with Gasteiger partial charge in [-0.1, -0.05) is 60.2 Å². The third-order valence-electron chi connectivity index (χ3n) is 4.27. The second-order valence-electron chi connectivity index (χ2n) is 6.54. The number of rotatable bonds is 7. The zero-order valence-electron chi connectivity index (χ0n) is 16.5. The van der Waals surface area contributed by atoms with Gasteiger partial charge in [-0.25, -0.2) is 0 Å². The molecule has 3 rings (SSSR count). The van der Waals surface area contributed by atoms with E-state index in [-0.39, 0.29) is 6.42 Å². The molecule has 0 radical (unpaired) electrons. The Morgan fingerprint density at radius 2 is 1.76 bits per heavy atom. The molecule has 1 saturated heterocycles. The van der Waals surface area contributed by atoms with Gasteiger partial charge in [-0.3, -0.25) is 4.79 Å². The van der Waals surface area contributed by atoms with Crippen LogP contribution in [0.5, 0.6) is 5.75 Å². The smallest absolute Gasteiger partial charge is 0.303 e. The van der Waals surface area contributed by atoms with Crippen LogP contribution in [0.15, 0.2) is 66.7 Å². The van der Waals surface area contributed by atoms with E-state index in [4.69, 9.17) is 30.9 Å². The maximum atomic E-state index is 10.4. The van der Waals surface area contributed by atoms with E-state index in [1.165, 1.54) is 0 Å². The summed E-state index contributed by atoms with van der Waals surface area (Å²) in [5, 5.41) is 9.18. The van der Waals surface area contributed by atoms with Crippen molar-refractivity contribution in [3.05, 3.63) is 77.3 Å². The van der Waals surface area contributed by atoms with E-state index in [0.717, 1.165) is 17.7 Å². The fourth-order valence-corrected chi connectivity index (χ4v) is 2.92. The van der Waals surface area contributed by atoms with Crippen LogP contribution < -0.4 is 4.74 Å². The highest BCUT2D eigenvalue weighted by Crippen LogP contribution is 2.30. The van der Waals surface area contributed by atoms with Crippen LogP contribution in [0.4, 0.5) is 0 Å². The summed E-state index contributed by atoms with van der Waals surface area (Å²) in [6, 6.07) is 17.2. The lowest BCUT2D eigenvalue weighted by Crippen LogP contribution is -2.26. The van der Waals surface area contributed by atoms with Crippen molar-refractivity contribution >= 4 is 17.6 Å². The van der Waals surface area contributed by atoms with Gasteiger partial charge in [0.1, 0.15) is 5.75 Å². The number of ether oxygens (including phenoxy) is 3. The first-order valence-corrected chi connectivity index (χ1v) is 9.91. The molecule has 1 N–H and O–H groups in total. The van der Waals surface area contributed by atoms with Crippen molar-refractivity contribution in [2.45, 2.75) is 25.6 Å². The Morgan fingerprint density at radius 1 is 1.10 bits per heavy atom. The topological polar surface area (TPSA) is 65.0 Å².